The van der Waals surface area contributed by atoms with Gasteiger partial charge in [-0.15, -0.1) is 0 Å². The Hall–Kier alpha value is -2.41. The van der Waals surface area contributed by atoms with Crippen molar-refractivity contribution in [2.75, 3.05) is 23.7 Å². The van der Waals surface area contributed by atoms with Crippen molar-refractivity contribution in [2.45, 2.75) is 43.8 Å². The third-order valence-electron chi connectivity index (χ3n) is 4.98. The van der Waals surface area contributed by atoms with Crippen molar-refractivity contribution < 1.29 is 9.84 Å². The van der Waals surface area contributed by atoms with Crippen LogP contribution >= 0.6 is 0 Å². The van der Waals surface area contributed by atoms with E-state index in [0.29, 0.717) is 11.9 Å². The molecule has 7 nitrogen and oxygen atoms in total. The molecule has 1 aliphatic heterocycles. The summed E-state index contributed by atoms with van der Waals surface area (Å²) < 4.78 is 5.99. The van der Waals surface area contributed by atoms with E-state index in [2.05, 4.69) is 19.9 Å². The SMILES string of the molecule is Nc1nc(C2CC(O)C2)cc(N2CCC(Oc3cccnc3)CC2)n1. The highest BCUT2D eigenvalue weighted by Crippen LogP contribution is 2.37. The van der Waals surface area contributed by atoms with Gasteiger partial charge in [0.2, 0.25) is 5.95 Å². The van der Waals surface area contributed by atoms with Crippen LogP contribution in [0.4, 0.5) is 11.8 Å². The van der Waals surface area contributed by atoms with E-state index in [4.69, 9.17) is 10.5 Å². The number of nitrogens with zero attached hydrogens (tertiary/aromatic N) is 4. The minimum Gasteiger partial charge on any atom is -0.489 e. The number of aliphatic hydroxyl groups excluding tert-OH is 1. The summed E-state index contributed by atoms with van der Waals surface area (Å²) in [4.78, 5) is 15.1. The number of nitrogens with two attached hydrogens (primary N) is 1. The Balaban J connectivity index is 1.39. The summed E-state index contributed by atoms with van der Waals surface area (Å²) in [5.74, 6) is 2.30. The fourth-order valence-electron chi connectivity index (χ4n) is 3.48. The van der Waals surface area contributed by atoms with E-state index >= 15 is 0 Å². The van der Waals surface area contributed by atoms with Gasteiger partial charge in [0, 0.05) is 44.1 Å². The van der Waals surface area contributed by atoms with Gasteiger partial charge < -0.3 is 20.5 Å². The van der Waals surface area contributed by atoms with Crippen LogP contribution in [0.3, 0.4) is 0 Å². The highest BCUT2D eigenvalue weighted by molar-refractivity contribution is 5.45. The van der Waals surface area contributed by atoms with Gasteiger partial charge in [0.1, 0.15) is 17.7 Å². The van der Waals surface area contributed by atoms with Crippen molar-refractivity contribution >= 4 is 11.8 Å². The summed E-state index contributed by atoms with van der Waals surface area (Å²) in [5.41, 5.74) is 6.85. The lowest BCUT2D eigenvalue weighted by atomic mass is 9.80. The third-order valence-corrected chi connectivity index (χ3v) is 4.98. The van der Waals surface area contributed by atoms with Gasteiger partial charge in [-0.1, -0.05) is 0 Å². The van der Waals surface area contributed by atoms with Crippen molar-refractivity contribution in [1.29, 1.82) is 0 Å². The van der Waals surface area contributed by atoms with Gasteiger partial charge in [0.25, 0.3) is 0 Å². The van der Waals surface area contributed by atoms with Crippen molar-refractivity contribution in [3.8, 4) is 5.75 Å². The van der Waals surface area contributed by atoms with Gasteiger partial charge in [-0.25, -0.2) is 4.98 Å². The van der Waals surface area contributed by atoms with Gasteiger partial charge in [-0.05, 0) is 25.0 Å². The van der Waals surface area contributed by atoms with Crippen LogP contribution in [-0.4, -0.2) is 45.4 Å². The normalized spacial score (nSPS) is 24.0. The smallest absolute Gasteiger partial charge is 0.222 e. The number of pyridine rings is 1. The van der Waals surface area contributed by atoms with E-state index in [0.717, 1.165) is 56.0 Å². The number of anilines is 2. The largest absolute Gasteiger partial charge is 0.489 e. The van der Waals surface area contributed by atoms with Crippen molar-refractivity contribution in [1.82, 2.24) is 15.0 Å². The second-order valence-electron chi connectivity index (χ2n) is 6.82. The van der Waals surface area contributed by atoms with Gasteiger partial charge >= 0.3 is 0 Å². The average Bonchev–Trinajstić information content (AvgIpc) is 2.60. The lowest BCUT2D eigenvalue weighted by Crippen LogP contribution is -2.39. The molecular weight excluding hydrogens is 318 g/mol. The fraction of sp³-hybridized carbons (Fsp3) is 0.500. The molecule has 0 spiro atoms. The molecule has 4 rings (SSSR count). The Morgan fingerprint density at radius 1 is 1.20 bits per heavy atom. The molecule has 2 aromatic rings. The summed E-state index contributed by atoms with van der Waals surface area (Å²) in [5, 5.41) is 9.51. The van der Waals surface area contributed by atoms with Crippen LogP contribution in [-0.2, 0) is 0 Å². The molecular formula is C18H23N5O2. The molecule has 0 amide bonds. The van der Waals surface area contributed by atoms with Crippen LogP contribution in [0.15, 0.2) is 30.6 Å². The fourth-order valence-corrected chi connectivity index (χ4v) is 3.48. The lowest BCUT2D eigenvalue weighted by molar-refractivity contribution is 0.0732. The first-order valence-corrected chi connectivity index (χ1v) is 8.81. The van der Waals surface area contributed by atoms with E-state index in [1.165, 1.54) is 0 Å². The molecule has 3 N–H and O–H groups in total. The monoisotopic (exact) mass is 341 g/mol. The first-order valence-electron chi connectivity index (χ1n) is 8.81. The molecule has 2 aromatic heterocycles. The number of ether oxygens (including phenoxy) is 1. The summed E-state index contributed by atoms with van der Waals surface area (Å²) in [7, 11) is 0. The van der Waals surface area contributed by atoms with Crippen LogP contribution in [0.2, 0.25) is 0 Å². The predicted octanol–water partition coefficient (Wildman–Crippen LogP) is 1.74. The minimum atomic E-state index is -0.204. The number of hydrogen-bond donors (Lipinski definition) is 2. The van der Waals surface area contributed by atoms with E-state index < -0.39 is 0 Å². The Bertz CT molecular complexity index is 713. The predicted molar refractivity (Wildman–Crippen MR) is 94.5 cm³/mol. The number of nitrogen functional groups attached to an aromatic ring is 1. The molecule has 7 heteroatoms. The standard InChI is InChI=1S/C18H23N5O2/c19-18-21-16(12-8-13(24)9-12)10-17(22-18)23-6-3-14(4-7-23)25-15-2-1-5-20-11-15/h1-2,5,10-14,24H,3-4,6-9H2,(H2,19,21,22). The molecule has 25 heavy (non-hydrogen) atoms. The van der Waals surface area contributed by atoms with E-state index in [1.54, 1.807) is 12.4 Å². The highest BCUT2D eigenvalue weighted by Gasteiger charge is 2.31. The maximum absolute atomic E-state index is 9.51. The van der Waals surface area contributed by atoms with Crippen molar-refractivity contribution in [3.05, 3.63) is 36.3 Å². The highest BCUT2D eigenvalue weighted by atomic mass is 16.5. The number of rotatable bonds is 4. The van der Waals surface area contributed by atoms with E-state index in [9.17, 15) is 5.11 Å². The molecule has 0 aromatic carbocycles. The lowest BCUT2D eigenvalue weighted by Gasteiger charge is -2.34. The molecule has 2 fully saturated rings. The van der Waals surface area contributed by atoms with Gasteiger partial charge in [0.05, 0.1) is 18.0 Å². The number of piperidine rings is 1. The quantitative estimate of drug-likeness (QED) is 0.874. The maximum Gasteiger partial charge on any atom is 0.222 e. The molecule has 1 saturated carbocycles. The van der Waals surface area contributed by atoms with E-state index in [-0.39, 0.29) is 12.2 Å². The summed E-state index contributed by atoms with van der Waals surface area (Å²) in [6, 6.07) is 5.84. The first kappa shape index (κ1) is 16.1. The average molecular weight is 341 g/mol. The van der Waals surface area contributed by atoms with E-state index in [1.807, 2.05) is 18.2 Å². The van der Waals surface area contributed by atoms with Crippen molar-refractivity contribution in [2.24, 2.45) is 0 Å². The number of hydrogen-bond acceptors (Lipinski definition) is 7. The number of aromatic nitrogens is 3. The van der Waals surface area contributed by atoms with Gasteiger partial charge in [0.15, 0.2) is 0 Å². The van der Waals surface area contributed by atoms with Crippen LogP contribution in [0.1, 0.15) is 37.3 Å². The van der Waals surface area contributed by atoms with Crippen LogP contribution in [0.5, 0.6) is 5.75 Å². The van der Waals surface area contributed by atoms with Crippen LogP contribution < -0.4 is 15.4 Å². The molecule has 2 aliphatic rings. The first-order chi connectivity index (χ1) is 12.2. The van der Waals surface area contributed by atoms with Crippen molar-refractivity contribution in [3.63, 3.8) is 0 Å². The van der Waals surface area contributed by atoms with Gasteiger partial charge in [-0.2, -0.15) is 4.98 Å². The molecule has 1 saturated heterocycles. The molecule has 132 valence electrons. The van der Waals surface area contributed by atoms with Gasteiger partial charge in [-0.3, -0.25) is 4.98 Å². The summed E-state index contributed by atoms with van der Waals surface area (Å²) in [6.45, 7) is 1.74. The second-order valence-corrected chi connectivity index (χ2v) is 6.82. The Kier molecular flexibility index (Phi) is 4.40. The molecule has 0 atom stereocenters. The zero-order valence-electron chi connectivity index (χ0n) is 14.1. The molecule has 0 bridgehead atoms. The Morgan fingerprint density at radius 2 is 2.00 bits per heavy atom. The van der Waals surface area contributed by atoms with Crippen LogP contribution in [0.25, 0.3) is 0 Å². The zero-order chi connectivity index (χ0) is 17.2. The van der Waals surface area contributed by atoms with Crippen LogP contribution in [0, 0.1) is 0 Å². The maximum atomic E-state index is 9.51. The number of aliphatic hydroxyl groups is 1. The molecule has 0 radical (unpaired) electrons. The topological polar surface area (TPSA) is 97.4 Å². The zero-order valence-corrected chi connectivity index (χ0v) is 14.1. The summed E-state index contributed by atoms with van der Waals surface area (Å²) >= 11 is 0. The second kappa shape index (κ2) is 6.84. The summed E-state index contributed by atoms with van der Waals surface area (Å²) in [6.07, 6.45) is 6.86. The molecule has 1 aliphatic carbocycles. The molecule has 0 unspecified atom stereocenters. The minimum absolute atomic E-state index is 0.195. The molecule has 3 heterocycles. The Morgan fingerprint density at radius 3 is 2.68 bits per heavy atom. The third kappa shape index (κ3) is 3.66. The Labute approximate surface area is 146 Å².